The largest absolute Gasteiger partial charge is 0.486 e. The second kappa shape index (κ2) is 6.19. The standard InChI is InChI=1S/C17H15NO7S/c1-10-2-4-12(5-3-10)26(20,21)23-9-11-8-22-14-7-6-13-15(16(14)24-11)25-17(19)18-13/h2-7,11H,8-9H2,1H3,(H,18,19)/t11-/m1/s1. The first-order valence-electron chi connectivity index (χ1n) is 7.84. The van der Waals surface area contributed by atoms with Gasteiger partial charge >= 0.3 is 5.76 Å². The molecule has 1 atom stereocenters. The molecule has 0 spiro atoms. The molecule has 1 aliphatic heterocycles. The summed E-state index contributed by atoms with van der Waals surface area (Å²) in [4.78, 5) is 14.0. The van der Waals surface area contributed by atoms with Crippen LogP contribution >= 0.6 is 0 Å². The number of fused-ring (bicyclic) bond motifs is 3. The van der Waals surface area contributed by atoms with E-state index in [1.165, 1.54) is 12.1 Å². The van der Waals surface area contributed by atoms with E-state index in [9.17, 15) is 13.2 Å². The quantitative estimate of drug-likeness (QED) is 0.693. The fourth-order valence-corrected chi connectivity index (χ4v) is 3.54. The number of H-pyrrole nitrogens is 1. The maximum absolute atomic E-state index is 12.3. The lowest BCUT2D eigenvalue weighted by molar-refractivity contribution is 0.0560. The summed E-state index contributed by atoms with van der Waals surface area (Å²) in [5.74, 6) is 0.0450. The number of oxazole rings is 1. The number of aryl methyl sites for hydroxylation is 1. The molecule has 4 rings (SSSR count). The Morgan fingerprint density at radius 1 is 1.19 bits per heavy atom. The average molecular weight is 377 g/mol. The molecule has 3 aromatic rings. The zero-order chi connectivity index (χ0) is 18.3. The van der Waals surface area contributed by atoms with Crippen LogP contribution in [0, 0.1) is 6.92 Å². The van der Waals surface area contributed by atoms with Crippen LogP contribution in [-0.4, -0.2) is 32.7 Å². The monoisotopic (exact) mass is 377 g/mol. The highest BCUT2D eigenvalue weighted by Gasteiger charge is 2.27. The van der Waals surface area contributed by atoms with Crippen molar-refractivity contribution in [1.29, 1.82) is 0 Å². The summed E-state index contributed by atoms with van der Waals surface area (Å²) in [7, 11) is -3.91. The van der Waals surface area contributed by atoms with Crippen LogP contribution in [-0.2, 0) is 14.3 Å². The van der Waals surface area contributed by atoms with Crippen molar-refractivity contribution in [2.75, 3.05) is 13.2 Å². The first-order chi connectivity index (χ1) is 12.4. The van der Waals surface area contributed by atoms with Crippen LogP contribution in [0.4, 0.5) is 0 Å². The van der Waals surface area contributed by atoms with Crippen molar-refractivity contribution in [2.45, 2.75) is 17.9 Å². The van der Waals surface area contributed by atoms with Gasteiger partial charge in [-0.25, -0.2) is 4.79 Å². The van der Waals surface area contributed by atoms with Crippen LogP contribution in [0.1, 0.15) is 5.56 Å². The molecule has 0 saturated heterocycles. The zero-order valence-electron chi connectivity index (χ0n) is 13.7. The minimum atomic E-state index is -3.91. The molecule has 0 radical (unpaired) electrons. The third-order valence-corrected chi connectivity index (χ3v) is 5.23. The van der Waals surface area contributed by atoms with Crippen molar-refractivity contribution in [3.63, 3.8) is 0 Å². The molecule has 8 nitrogen and oxygen atoms in total. The van der Waals surface area contributed by atoms with Gasteiger partial charge in [-0.1, -0.05) is 17.7 Å². The Kier molecular flexibility index (Phi) is 3.97. The van der Waals surface area contributed by atoms with Crippen LogP contribution in [0.5, 0.6) is 11.5 Å². The summed E-state index contributed by atoms with van der Waals surface area (Å²) in [6, 6.07) is 9.63. The van der Waals surface area contributed by atoms with E-state index in [1.54, 1.807) is 24.3 Å². The van der Waals surface area contributed by atoms with E-state index in [2.05, 4.69) is 4.98 Å². The highest BCUT2D eigenvalue weighted by Crippen LogP contribution is 2.38. The summed E-state index contributed by atoms with van der Waals surface area (Å²) in [5, 5.41) is 0. The molecule has 0 saturated carbocycles. The van der Waals surface area contributed by atoms with Gasteiger partial charge in [0.15, 0.2) is 11.9 Å². The Bertz CT molecular complexity index is 1110. The topological polar surface area (TPSA) is 108 Å². The Morgan fingerprint density at radius 2 is 1.96 bits per heavy atom. The number of nitrogens with one attached hydrogen (secondary N) is 1. The Balaban J connectivity index is 1.52. The molecule has 2 heterocycles. The van der Waals surface area contributed by atoms with E-state index >= 15 is 0 Å². The molecule has 1 N–H and O–H groups in total. The average Bonchev–Trinajstić information content (AvgIpc) is 3.01. The molecular formula is C17H15NO7S. The Hall–Kier alpha value is -2.78. The number of hydrogen-bond donors (Lipinski definition) is 1. The van der Waals surface area contributed by atoms with E-state index < -0.39 is 22.0 Å². The number of aromatic amines is 1. The minimum absolute atomic E-state index is 0.0687. The number of benzene rings is 2. The van der Waals surface area contributed by atoms with Crippen LogP contribution < -0.4 is 15.2 Å². The molecule has 0 unspecified atom stereocenters. The van der Waals surface area contributed by atoms with Gasteiger partial charge in [0.25, 0.3) is 10.1 Å². The number of aromatic nitrogens is 1. The third kappa shape index (κ3) is 3.06. The van der Waals surface area contributed by atoms with Gasteiger partial charge in [-0.15, -0.1) is 0 Å². The molecule has 0 amide bonds. The van der Waals surface area contributed by atoms with Gasteiger partial charge in [0.1, 0.15) is 13.2 Å². The van der Waals surface area contributed by atoms with Crippen molar-refractivity contribution < 1.29 is 26.5 Å². The Morgan fingerprint density at radius 3 is 2.73 bits per heavy atom. The van der Waals surface area contributed by atoms with Gasteiger partial charge in [-0.2, -0.15) is 8.42 Å². The molecule has 2 aromatic carbocycles. The smallest absolute Gasteiger partial charge is 0.417 e. The van der Waals surface area contributed by atoms with Crippen molar-refractivity contribution in [1.82, 2.24) is 4.98 Å². The summed E-state index contributed by atoms with van der Waals surface area (Å²) in [6.07, 6.45) is -0.673. The molecule has 0 aliphatic carbocycles. The van der Waals surface area contributed by atoms with E-state index in [1.807, 2.05) is 6.92 Å². The highest BCUT2D eigenvalue weighted by atomic mass is 32.2. The summed E-state index contributed by atoms with van der Waals surface area (Å²) < 4.78 is 46.0. The summed E-state index contributed by atoms with van der Waals surface area (Å²) >= 11 is 0. The molecule has 0 bridgehead atoms. The van der Waals surface area contributed by atoms with Gasteiger partial charge < -0.3 is 13.9 Å². The zero-order valence-corrected chi connectivity index (χ0v) is 14.5. The number of hydrogen-bond acceptors (Lipinski definition) is 7. The van der Waals surface area contributed by atoms with Crippen molar-refractivity contribution in [3.8, 4) is 11.5 Å². The molecular weight excluding hydrogens is 362 g/mol. The van der Waals surface area contributed by atoms with Gasteiger partial charge in [0.2, 0.25) is 11.3 Å². The first-order valence-corrected chi connectivity index (χ1v) is 9.24. The minimum Gasteiger partial charge on any atom is -0.486 e. The molecule has 9 heteroatoms. The fourth-order valence-electron chi connectivity index (χ4n) is 2.60. The number of rotatable bonds is 4. The summed E-state index contributed by atoms with van der Waals surface area (Å²) in [6.45, 7) is 1.74. The lowest BCUT2D eigenvalue weighted by Crippen LogP contribution is -2.34. The van der Waals surface area contributed by atoms with E-state index in [0.29, 0.717) is 11.3 Å². The molecule has 26 heavy (non-hydrogen) atoms. The van der Waals surface area contributed by atoms with E-state index in [4.69, 9.17) is 18.1 Å². The van der Waals surface area contributed by atoms with Gasteiger partial charge in [-0.05, 0) is 31.2 Å². The van der Waals surface area contributed by atoms with Gasteiger partial charge in [-0.3, -0.25) is 9.17 Å². The highest BCUT2D eigenvalue weighted by molar-refractivity contribution is 7.86. The van der Waals surface area contributed by atoms with Crippen LogP contribution in [0.2, 0.25) is 0 Å². The Labute approximate surface area is 148 Å². The third-order valence-electron chi connectivity index (χ3n) is 3.94. The molecule has 1 aromatic heterocycles. The van der Waals surface area contributed by atoms with Crippen LogP contribution in [0.25, 0.3) is 11.1 Å². The lowest BCUT2D eigenvalue weighted by atomic mass is 10.2. The van der Waals surface area contributed by atoms with Gasteiger partial charge in [0.05, 0.1) is 10.4 Å². The lowest BCUT2D eigenvalue weighted by Gasteiger charge is -2.25. The maximum Gasteiger partial charge on any atom is 0.417 e. The summed E-state index contributed by atoms with van der Waals surface area (Å²) in [5.41, 5.74) is 1.63. The second-order valence-corrected chi connectivity index (χ2v) is 7.50. The maximum atomic E-state index is 12.3. The van der Waals surface area contributed by atoms with Crippen LogP contribution in [0.3, 0.4) is 0 Å². The van der Waals surface area contributed by atoms with Crippen LogP contribution in [0.15, 0.2) is 50.5 Å². The molecule has 0 fully saturated rings. The van der Waals surface area contributed by atoms with Crippen molar-refractivity contribution in [2.24, 2.45) is 0 Å². The molecule has 136 valence electrons. The normalized spacial score (nSPS) is 16.7. The number of ether oxygens (including phenoxy) is 2. The predicted octanol–water partition coefficient (Wildman–Crippen LogP) is 1.97. The molecule has 1 aliphatic rings. The predicted molar refractivity (Wildman–Crippen MR) is 91.1 cm³/mol. The SMILES string of the molecule is Cc1ccc(S(=O)(=O)OC[C@H]2COc3ccc4[nH]c(=O)oc4c3O2)cc1. The fraction of sp³-hybridized carbons (Fsp3) is 0.235. The second-order valence-electron chi connectivity index (χ2n) is 5.89. The van der Waals surface area contributed by atoms with E-state index in [-0.39, 0.29) is 29.4 Å². The van der Waals surface area contributed by atoms with Crippen molar-refractivity contribution >= 4 is 21.2 Å². The van der Waals surface area contributed by atoms with E-state index in [0.717, 1.165) is 5.56 Å². The van der Waals surface area contributed by atoms with Crippen molar-refractivity contribution in [3.05, 3.63) is 52.5 Å². The first kappa shape index (κ1) is 16.7. The van der Waals surface area contributed by atoms with Gasteiger partial charge in [0, 0.05) is 0 Å².